The second-order valence-electron chi connectivity index (χ2n) is 4.12. The summed E-state index contributed by atoms with van der Waals surface area (Å²) in [5.74, 6) is 4.76. The number of carbonyl (C=O) groups is 2. The maximum Gasteiger partial charge on any atom is 0.336 e. The molecule has 21 heavy (non-hydrogen) atoms. The van der Waals surface area contributed by atoms with E-state index >= 15 is 0 Å². The van der Waals surface area contributed by atoms with Crippen LogP contribution >= 0.6 is 11.8 Å². The van der Waals surface area contributed by atoms with Crippen LogP contribution in [0.25, 0.3) is 0 Å². The van der Waals surface area contributed by atoms with Crippen molar-refractivity contribution in [3.8, 4) is 11.8 Å². The van der Waals surface area contributed by atoms with Crippen molar-refractivity contribution in [3.05, 3.63) is 38.9 Å². The molecule has 1 aromatic rings. The van der Waals surface area contributed by atoms with Crippen molar-refractivity contribution >= 4 is 28.5 Å². The van der Waals surface area contributed by atoms with Gasteiger partial charge < -0.3 is 5.11 Å². The van der Waals surface area contributed by atoms with Gasteiger partial charge in [0, 0.05) is 36.3 Å². The van der Waals surface area contributed by atoms with Crippen LogP contribution < -0.4 is 0 Å². The van der Waals surface area contributed by atoms with Crippen molar-refractivity contribution in [2.24, 2.45) is 0 Å². The molecule has 0 atom stereocenters. The topological polar surface area (TPSA) is 97.5 Å². The van der Waals surface area contributed by atoms with Gasteiger partial charge in [0.2, 0.25) is 0 Å². The molecule has 0 amide bonds. The van der Waals surface area contributed by atoms with Crippen LogP contribution in [0.3, 0.4) is 0 Å². The number of rotatable bonds is 4. The Bertz CT molecular complexity index is 622. The van der Waals surface area contributed by atoms with Gasteiger partial charge in [-0.3, -0.25) is 14.9 Å². The van der Waals surface area contributed by atoms with Crippen molar-refractivity contribution < 1.29 is 19.6 Å². The Morgan fingerprint density at radius 2 is 2.10 bits per heavy atom. The zero-order valence-corrected chi connectivity index (χ0v) is 12.3. The summed E-state index contributed by atoms with van der Waals surface area (Å²) in [6.45, 7) is 2.85. The number of nitro groups is 1. The summed E-state index contributed by atoms with van der Waals surface area (Å²) in [6.07, 6.45) is 0.439. The van der Waals surface area contributed by atoms with E-state index < -0.39 is 10.9 Å². The number of benzene rings is 1. The van der Waals surface area contributed by atoms with Gasteiger partial charge in [0.05, 0.1) is 10.5 Å². The van der Waals surface area contributed by atoms with E-state index in [0.29, 0.717) is 12.2 Å². The molecule has 1 N–H and O–H groups in total. The predicted molar refractivity (Wildman–Crippen MR) is 79.4 cm³/mol. The quantitative estimate of drug-likeness (QED) is 0.397. The number of aromatic carboxylic acids is 1. The Kier molecular flexibility index (Phi) is 5.93. The number of thioether (sulfide) groups is 1. The maximum absolute atomic E-state index is 11.1. The summed E-state index contributed by atoms with van der Waals surface area (Å²) in [7, 11) is 0. The van der Waals surface area contributed by atoms with Crippen LogP contribution in [-0.2, 0) is 4.79 Å². The first-order chi connectivity index (χ1) is 9.82. The summed E-state index contributed by atoms with van der Waals surface area (Å²) in [4.78, 5) is 32.1. The molecule has 0 unspecified atom stereocenters. The molecule has 7 heteroatoms. The second-order valence-corrected chi connectivity index (χ2v) is 5.39. The van der Waals surface area contributed by atoms with Gasteiger partial charge in [0.25, 0.3) is 5.69 Å². The van der Waals surface area contributed by atoms with Gasteiger partial charge in [0.1, 0.15) is 0 Å². The minimum absolute atomic E-state index is 0.00376. The molecule has 0 saturated heterocycles. The summed E-state index contributed by atoms with van der Waals surface area (Å²) in [5, 5.41) is 20.0. The molecular weight excluding hydrogens is 294 g/mol. The molecule has 6 nitrogen and oxygen atoms in total. The standard InChI is InChI=1S/C14H13NO5S/c1-9-12(14(17)18)7-11(8-13(9)15(19)20)5-3-4-6-21-10(2)16/h7-8H,4,6H2,1-2H3,(H,17,18). The smallest absolute Gasteiger partial charge is 0.336 e. The normalized spacial score (nSPS) is 9.62. The van der Waals surface area contributed by atoms with E-state index in [2.05, 4.69) is 11.8 Å². The Hall–Kier alpha value is -2.33. The minimum Gasteiger partial charge on any atom is -0.478 e. The van der Waals surface area contributed by atoms with Gasteiger partial charge in [-0.05, 0) is 13.0 Å². The molecule has 0 fully saturated rings. The van der Waals surface area contributed by atoms with Crippen LogP contribution in [-0.4, -0.2) is 26.9 Å². The first kappa shape index (κ1) is 16.7. The van der Waals surface area contributed by atoms with Crippen LogP contribution in [0.5, 0.6) is 0 Å². The molecular formula is C14H13NO5S. The maximum atomic E-state index is 11.1. The number of hydrogen-bond acceptors (Lipinski definition) is 5. The van der Waals surface area contributed by atoms with Crippen molar-refractivity contribution in [1.82, 2.24) is 0 Å². The average molecular weight is 307 g/mol. The highest BCUT2D eigenvalue weighted by molar-refractivity contribution is 8.13. The van der Waals surface area contributed by atoms with Crippen molar-refractivity contribution in [1.29, 1.82) is 0 Å². The van der Waals surface area contributed by atoms with Crippen molar-refractivity contribution in [3.63, 3.8) is 0 Å². The largest absolute Gasteiger partial charge is 0.478 e. The molecule has 0 spiro atoms. The van der Waals surface area contributed by atoms with Gasteiger partial charge in [-0.25, -0.2) is 4.79 Å². The van der Waals surface area contributed by atoms with E-state index in [4.69, 9.17) is 5.11 Å². The first-order valence-corrected chi connectivity index (χ1v) is 6.96. The SMILES string of the molecule is CC(=O)SCCC#Cc1cc(C(=O)O)c(C)c([N+](=O)[O-])c1. The van der Waals surface area contributed by atoms with Gasteiger partial charge in [0.15, 0.2) is 5.12 Å². The lowest BCUT2D eigenvalue weighted by Gasteiger charge is -2.03. The fraction of sp³-hybridized carbons (Fsp3) is 0.286. The molecule has 0 aliphatic carbocycles. The van der Waals surface area contributed by atoms with Gasteiger partial charge in [-0.2, -0.15) is 0 Å². The molecule has 1 aromatic carbocycles. The highest BCUT2D eigenvalue weighted by Crippen LogP contribution is 2.23. The van der Waals surface area contributed by atoms with Crippen LogP contribution in [0.4, 0.5) is 5.69 Å². The van der Waals surface area contributed by atoms with Crippen LogP contribution in [0.15, 0.2) is 12.1 Å². The molecule has 0 aliphatic rings. The summed E-state index contributed by atoms with van der Waals surface area (Å²) in [5.41, 5.74) is -0.0216. The molecule has 110 valence electrons. The molecule has 0 aromatic heterocycles. The number of hydrogen-bond donors (Lipinski definition) is 1. The number of carbonyl (C=O) groups excluding carboxylic acids is 1. The fourth-order valence-electron chi connectivity index (χ4n) is 1.59. The monoisotopic (exact) mass is 307 g/mol. The van der Waals surface area contributed by atoms with E-state index in [9.17, 15) is 19.7 Å². The van der Waals surface area contributed by atoms with Crippen LogP contribution in [0.1, 0.15) is 34.8 Å². The predicted octanol–water partition coefficient (Wildman–Crippen LogP) is 2.62. The van der Waals surface area contributed by atoms with Crippen molar-refractivity contribution in [2.75, 3.05) is 5.75 Å². The van der Waals surface area contributed by atoms with Gasteiger partial charge >= 0.3 is 5.97 Å². The van der Waals surface area contributed by atoms with E-state index in [0.717, 1.165) is 11.8 Å². The molecule has 0 aliphatic heterocycles. The lowest BCUT2D eigenvalue weighted by atomic mass is 10.0. The zero-order chi connectivity index (χ0) is 16.0. The Labute approximate surface area is 125 Å². The summed E-state index contributed by atoms with van der Waals surface area (Å²) in [6, 6.07) is 2.57. The van der Waals surface area contributed by atoms with Crippen LogP contribution in [0, 0.1) is 28.9 Å². The highest BCUT2D eigenvalue weighted by atomic mass is 32.2. The summed E-state index contributed by atoms with van der Waals surface area (Å²) >= 11 is 1.14. The molecule has 0 bridgehead atoms. The zero-order valence-electron chi connectivity index (χ0n) is 11.5. The lowest BCUT2D eigenvalue weighted by Crippen LogP contribution is -2.04. The minimum atomic E-state index is -1.23. The lowest BCUT2D eigenvalue weighted by molar-refractivity contribution is -0.385. The molecule has 0 radical (unpaired) electrons. The Morgan fingerprint density at radius 3 is 2.62 bits per heavy atom. The molecule has 0 saturated carbocycles. The van der Waals surface area contributed by atoms with Gasteiger partial charge in [-0.1, -0.05) is 23.6 Å². The van der Waals surface area contributed by atoms with Crippen molar-refractivity contribution in [2.45, 2.75) is 20.3 Å². The van der Waals surface area contributed by atoms with E-state index in [1.54, 1.807) is 0 Å². The molecule has 1 rings (SSSR count). The molecule has 0 heterocycles. The average Bonchev–Trinajstić information content (AvgIpc) is 2.38. The van der Waals surface area contributed by atoms with E-state index in [1.165, 1.54) is 26.0 Å². The number of nitrogens with zero attached hydrogens (tertiary/aromatic N) is 1. The number of carboxylic acid groups (broad SMARTS) is 1. The van der Waals surface area contributed by atoms with Crippen LogP contribution in [0.2, 0.25) is 0 Å². The van der Waals surface area contributed by atoms with E-state index in [-0.39, 0.29) is 27.5 Å². The third-order valence-electron chi connectivity index (χ3n) is 2.57. The first-order valence-electron chi connectivity index (χ1n) is 5.97. The number of nitro benzene ring substituents is 1. The third kappa shape index (κ3) is 4.93. The Morgan fingerprint density at radius 1 is 1.43 bits per heavy atom. The summed E-state index contributed by atoms with van der Waals surface area (Å²) < 4.78 is 0. The number of carboxylic acids is 1. The second kappa shape index (κ2) is 7.45. The highest BCUT2D eigenvalue weighted by Gasteiger charge is 2.19. The van der Waals surface area contributed by atoms with E-state index in [1.807, 2.05) is 0 Å². The van der Waals surface area contributed by atoms with Gasteiger partial charge in [-0.15, -0.1) is 0 Å². The third-order valence-corrected chi connectivity index (χ3v) is 3.39. The Balaban J connectivity index is 3.03. The fourth-order valence-corrected chi connectivity index (χ4v) is 2.08.